The van der Waals surface area contributed by atoms with Gasteiger partial charge >= 0.3 is 0 Å². The summed E-state index contributed by atoms with van der Waals surface area (Å²) in [6.07, 6.45) is 1.69. The fourth-order valence-electron chi connectivity index (χ4n) is 4.67. The van der Waals surface area contributed by atoms with Crippen molar-refractivity contribution in [2.45, 2.75) is 70.2 Å². The van der Waals surface area contributed by atoms with Crippen molar-refractivity contribution in [3.8, 4) is 0 Å². The van der Waals surface area contributed by atoms with Crippen molar-refractivity contribution in [3.05, 3.63) is 35.6 Å². The maximum Gasteiger partial charge on any atom is 0.245 e. The van der Waals surface area contributed by atoms with Crippen molar-refractivity contribution in [3.63, 3.8) is 0 Å². The fraction of sp³-hybridized carbons (Fsp3) is 0.625. The molecular formula is C24H35FN4O4. The number of rotatable bonds is 6. The molecule has 8 nitrogen and oxygen atoms in total. The Morgan fingerprint density at radius 2 is 1.73 bits per heavy atom. The number of aliphatic hydroxyl groups excluding tert-OH is 1. The van der Waals surface area contributed by atoms with Crippen molar-refractivity contribution in [2.75, 3.05) is 26.2 Å². The lowest BCUT2D eigenvalue weighted by atomic mass is 9.86. The number of amides is 3. The van der Waals surface area contributed by atoms with Crippen LogP contribution in [0.25, 0.3) is 0 Å². The van der Waals surface area contributed by atoms with Gasteiger partial charge in [-0.2, -0.15) is 0 Å². The third-order valence-corrected chi connectivity index (χ3v) is 6.66. The van der Waals surface area contributed by atoms with Crippen molar-refractivity contribution in [1.82, 2.24) is 20.4 Å². The van der Waals surface area contributed by atoms with Crippen molar-refractivity contribution in [2.24, 2.45) is 0 Å². The number of hydrogen-bond acceptors (Lipinski definition) is 5. The minimum absolute atomic E-state index is 0.0390. The Hall–Kier alpha value is -2.52. The third kappa shape index (κ3) is 6.51. The summed E-state index contributed by atoms with van der Waals surface area (Å²) in [6.45, 7) is 7.50. The molecule has 1 aliphatic heterocycles. The van der Waals surface area contributed by atoms with Gasteiger partial charge in [-0.3, -0.25) is 19.3 Å². The zero-order chi connectivity index (χ0) is 24.2. The molecule has 2 aliphatic rings. The molecule has 0 aromatic heterocycles. The van der Waals surface area contributed by atoms with Crippen LogP contribution < -0.4 is 10.6 Å². The highest BCUT2D eigenvalue weighted by atomic mass is 19.1. The maximum atomic E-state index is 13.1. The molecule has 2 fully saturated rings. The van der Waals surface area contributed by atoms with Crippen LogP contribution in [0.3, 0.4) is 0 Å². The van der Waals surface area contributed by atoms with E-state index in [0.29, 0.717) is 38.2 Å². The average Bonchev–Trinajstić information content (AvgIpc) is 2.76. The lowest BCUT2D eigenvalue weighted by Gasteiger charge is -2.45. The van der Waals surface area contributed by atoms with Gasteiger partial charge in [0.15, 0.2) is 0 Å². The molecule has 1 saturated heterocycles. The summed E-state index contributed by atoms with van der Waals surface area (Å²) in [5.74, 6) is -1.01. The van der Waals surface area contributed by atoms with Gasteiger partial charge in [-0.1, -0.05) is 12.1 Å². The lowest BCUT2D eigenvalue weighted by Crippen LogP contribution is -2.63. The van der Waals surface area contributed by atoms with Crippen LogP contribution in [-0.4, -0.2) is 82.5 Å². The molecule has 1 heterocycles. The number of carbonyl (C=O) groups is 3. The standard InChI is InChI=1S/C24H35FN4O4/c1-16(30)28-11-13-29(14-12-28)20-6-4-5-19(22(20)32)26-23(33)24(2,3)27-21(31)15-17-7-9-18(25)10-8-17/h7-10,19-20,22,32H,4-6,11-15H2,1-3H3,(H,26,33)(H,27,31)/t19-,20-,22-/m1/s1. The van der Waals surface area contributed by atoms with Gasteiger partial charge in [-0.15, -0.1) is 0 Å². The van der Waals surface area contributed by atoms with E-state index < -0.39 is 17.7 Å². The first kappa shape index (κ1) is 25.1. The summed E-state index contributed by atoms with van der Waals surface area (Å²) >= 11 is 0. The summed E-state index contributed by atoms with van der Waals surface area (Å²) in [4.78, 5) is 41.0. The highest BCUT2D eigenvalue weighted by Crippen LogP contribution is 2.25. The Morgan fingerprint density at radius 1 is 1.09 bits per heavy atom. The predicted octanol–water partition coefficient (Wildman–Crippen LogP) is 0.825. The summed E-state index contributed by atoms with van der Waals surface area (Å²) in [5.41, 5.74) is -0.516. The average molecular weight is 463 g/mol. The van der Waals surface area contributed by atoms with Gasteiger partial charge < -0.3 is 20.6 Å². The highest BCUT2D eigenvalue weighted by molar-refractivity contribution is 5.91. The molecule has 0 spiro atoms. The van der Waals surface area contributed by atoms with Crippen LogP contribution in [0.1, 0.15) is 45.6 Å². The van der Waals surface area contributed by atoms with E-state index in [0.717, 1.165) is 12.8 Å². The van der Waals surface area contributed by atoms with Crippen molar-refractivity contribution in [1.29, 1.82) is 0 Å². The fourth-order valence-corrected chi connectivity index (χ4v) is 4.67. The van der Waals surface area contributed by atoms with Gasteiger partial charge in [0, 0.05) is 39.1 Å². The van der Waals surface area contributed by atoms with E-state index in [1.54, 1.807) is 20.8 Å². The smallest absolute Gasteiger partial charge is 0.245 e. The monoisotopic (exact) mass is 462 g/mol. The van der Waals surface area contributed by atoms with E-state index >= 15 is 0 Å². The van der Waals surface area contributed by atoms with Crippen LogP contribution in [0, 0.1) is 5.82 Å². The molecule has 3 N–H and O–H groups in total. The number of piperazine rings is 1. The first-order chi connectivity index (χ1) is 15.6. The van der Waals surface area contributed by atoms with Crippen LogP contribution >= 0.6 is 0 Å². The van der Waals surface area contributed by atoms with Crippen LogP contribution in [0.5, 0.6) is 0 Å². The van der Waals surface area contributed by atoms with E-state index in [-0.39, 0.29) is 36.0 Å². The first-order valence-electron chi connectivity index (χ1n) is 11.6. The second-order valence-corrected chi connectivity index (χ2v) is 9.59. The third-order valence-electron chi connectivity index (χ3n) is 6.66. The topological polar surface area (TPSA) is 102 Å². The lowest BCUT2D eigenvalue weighted by molar-refractivity contribution is -0.134. The van der Waals surface area contributed by atoms with E-state index in [1.165, 1.54) is 24.3 Å². The molecule has 0 bridgehead atoms. The largest absolute Gasteiger partial charge is 0.389 e. The number of halogens is 1. The summed E-state index contributed by atoms with van der Waals surface area (Å²) < 4.78 is 13.1. The van der Waals surface area contributed by atoms with Gasteiger partial charge in [-0.25, -0.2) is 4.39 Å². The normalized spacial score (nSPS) is 24.3. The summed E-state index contributed by atoms with van der Waals surface area (Å²) in [5, 5.41) is 16.7. The molecule has 3 atom stereocenters. The number of hydrogen-bond donors (Lipinski definition) is 3. The second-order valence-electron chi connectivity index (χ2n) is 9.59. The second kappa shape index (κ2) is 10.6. The van der Waals surface area contributed by atoms with Gasteiger partial charge in [0.05, 0.1) is 18.6 Å². The highest BCUT2D eigenvalue weighted by Gasteiger charge is 2.39. The predicted molar refractivity (Wildman–Crippen MR) is 122 cm³/mol. The van der Waals surface area contributed by atoms with E-state index in [2.05, 4.69) is 15.5 Å². The minimum atomic E-state index is -1.17. The number of nitrogens with zero attached hydrogens (tertiary/aromatic N) is 2. The van der Waals surface area contributed by atoms with Gasteiger partial charge in [0.1, 0.15) is 11.4 Å². The molecule has 0 radical (unpaired) electrons. The van der Waals surface area contributed by atoms with E-state index in [4.69, 9.17) is 0 Å². The van der Waals surface area contributed by atoms with Crippen molar-refractivity contribution < 1.29 is 23.9 Å². The van der Waals surface area contributed by atoms with E-state index in [1.807, 2.05) is 4.90 Å². The molecule has 1 saturated carbocycles. The SMILES string of the molecule is CC(=O)N1CCN([C@@H]2CCC[C@@H](NC(=O)C(C)(C)NC(=O)Cc3ccc(F)cc3)[C@H]2O)CC1. The Kier molecular flexibility index (Phi) is 8.07. The van der Waals surface area contributed by atoms with Crippen molar-refractivity contribution >= 4 is 17.7 Å². The summed E-state index contributed by atoms with van der Waals surface area (Å²) in [6, 6.07) is 5.18. The van der Waals surface area contributed by atoms with Gasteiger partial charge in [-0.05, 0) is 50.8 Å². The molecule has 0 unspecified atom stereocenters. The van der Waals surface area contributed by atoms with Crippen LogP contribution in [0.2, 0.25) is 0 Å². The van der Waals surface area contributed by atoms with E-state index in [9.17, 15) is 23.9 Å². The Bertz CT molecular complexity index is 853. The minimum Gasteiger partial charge on any atom is -0.389 e. The Labute approximate surface area is 194 Å². The molecule has 182 valence electrons. The van der Waals surface area contributed by atoms with Gasteiger partial charge in [0.2, 0.25) is 17.7 Å². The molecule has 1 aromatic carbocycles. The number of carbonyl (C=O) groups excluding carboxylic acids is 3. The molecule has 1 aromatic rings. The number of nitrogens with one attached hydrogen (secondary N) is 2. The number of aliphatic hydroxyl groups is 1. The summed E-state index contributed by atoms with van der Waals surface area (Å²) in [7, 11) is 0. The quantitative estimate of drug-likeness (QED) is 0.581. The van der Waals surface area contributed by atoms with Crippen LogP contribution in [0.15, 0.2) is 24.3 Å². The zero-order valence-corrected chi connectivity index (χ0v) is 19.6. The molecule has 3 rings (SSSR count). The Morgan fingerprint density at radius 3 is 2.33 bits per heavy atom. The molecular weight excluding hydrogens is 427 g/mol. The molecule has 1 aliphatic carbocycles. The first-order valence-corrected chi connectivity index (χ1v) is 11.6. The molecule has 33 heavy (non-hydrogen) atoms. The maximum absolute atomic E-state index is 13.1. The zero-order valence-electron chi connectivity index (χ0n) is 19.6. The molecule has 9 heteroatoms. The van der Waals surface area contributed by atoms with Gasteiger partial charge in [0.25, 0.3) is 0 Å². The Balaban J connectivity index is 1.53. The van der Waals surface area contributed by atoms with Crippen LogP contribution in [-0.2, 0) is 20.8 Å². The van der Waals surface area contributed by atoms with Crippen LogP contribution in [0.4, 0.5) is 4.39 Å². The number of benzene rings is 1. The molecule has 3 amide bonds.